The number of halogens is 3. The Bertz CT molecular complexity index is 1280. The molecule has 32 heavy (non-hydrogen) atoms. The topological polar surface area (TPSA) is 70.7 Å². The van der Waals surface area contributed by atoms with Crippen LogP contribution in [0.2, 0.25) is 0 Å². The van der Waals surface area contributed by atoms with Gasteiger partial charge in [-0.2, -0.15) is 0 Å². The molecule has 8 heteroatoms. The molecule has 0 atom stereocenters. The van der Waals surface area contributed by atoms with E-state index in [-0.39, 0.29) is 34.9 Å². The summed E-state index contributed by atoms with van der Waals surface area (Å²) in [7, 11) is 0. The van der Waals surface area contributed by atoms with Gasteiger partial charge < -0.3 is 10.3 Å². The summed E-state index contributed by atoms with van der Waals surface area (Å²) in [6.45, 7) is 0.463. The van der Waals surface area contributed by atoms with Crippen LogP contribution in [0.3, 0.4) is 0 Å². The smallest absolute Gasteiger partial charge is 0.289 e. The molecule has 0 aliphatic heterocycles. The van der Waals surface area contributed by atoms with E-state index in [9.17, 15) is 18.0 Å². The van der Waals surface area contributed by atoms with Gasteiger partial charge in [-0.1, -0.05) is 0 Å². The highest BCUT2D eigenvalue weighted by Gasteiger charge is 2.35. The van der Waals surface area contributed by atoms with Gasteiger partial charge in [-0.3, -0.25) is 4.79 Å². The number of aromatic amines is 1. The van der Waals surface area contributed by atoms with Crippen LogP contribution in [0.1, 0.15) is 34.9 Å². The van der Waals surface area contributed by atoms with Gasteiger partial charge in [-0.25, -0.2) is 23.1 Å². The highest BCUT2D eigenvalue weighted by Crippen LogP contribution is 2.48. The second kappa shape index (κ2) is 8.11. The van der Waals surface area contributed by atoms with Crippen LogP contribution in [0.4, 0.5) is 13.2 Å². The van der Waals surface area contributed by atoms with E-state index in [0.717, 1.165) is 24.5 Å². The van der Waals surface area contributed by atoms with Crippen LogP contribution in [0.15, 0.2) is 54.9 Å². The third-order valence-electron chi connectivity index (χ3n) is 5.96. The Kier molecular flexibility index (Phi) is 5.13. The second-order valence-corrected chi connectivity index (χ2v) is 8.05. The van der Waals surface area contributed by atoms with Crippen molar-refractivity contribution in [1.82, 2.24) is 20.3 Å². The molecule has 0 unspecified atom stereocenters. The van der Waals surface area contributed by atoms with Crippen molar-refractivity contribution in [2.75, 3.05) is 6.54 Å². The molecule has 1 fully saturated rings. The molecular formula is C24H19F3N4O. The molecule has 1 saturated carbocycles. The first-order chi connectivity index (χ1) is 15.5. The average Bonchev–Trinajstić information content (AvgIpc) is 3.13. The maximum absolute atomic E-state index is 14.5. The summed E-state index contributed by atoms with van der Waals surface area (Å²) in [6.07, 6.45) is 4.51. The molecule has 1 amide bonds. The zero-order valence-corrected chi connectivity index (χ0v) is 16.9. The lowest BCUT2D eigenvalue weighted by atomic mass is 9.70. The predicted octanol–water partition coefficient (Wildman–Crippen LogP) is 4.97. The van der Waals surface area contributed by atoms with Gasteiger partial charge in [0, 0.05) is 30.4 Å². The van der Waals surface area contributed by atoms with Crippen LogP contribution in [-0.2, 0) is 0 Å². The number of hydrogen-bond donors (Lipinski definition) is 2. The summed E-state index contributed by atoms with van der Waals surface area (Å²) in [5.74, 6) is -1.63. The number of nitrogens with zero attached hydrogens (tertiary/aromatic N) is 2. The first-order valence-electron chi connectivity index (χ1n) is 10.3. The van der Waals surface area contributed by atoms with E-state index in [0.29, 0.717) is 23.2 Å². The molecule has 0 saturated heterocycles. The normalized spacial score (nSPS) is 17.8. The lowest BCUT2D eigenvalue weighted by Gasteiger charge is -2.36. The van der Waals surface area contributed by atoms with Gasteiger partial charge >= 0.3 is 0 Å². The fraction of sp³-hybridized carbons (Fsp3) is 0.208. The van der Waals surface area contributed by atoms with Gasteiger partial charge in [-0.15, -0.1) is 0 Å². The molecule has 2 aromatic heterocycles. The Balaban J connectivity index is 1.39. The summed E-state index contributed by atoms with van der Waals surface area (Å²) < 4.78 is 41.9. The predicted molar refractivity (Wildman–Crippen MR) is 113 cm³/mol. The van der Waals surface area contributed by atoms with Crippen LogP contribution < -0.4 is 5.32 Å². The minimum absolute atomic E-state index is 0.0554. The van der Waals surface area contributed by atoms with E-state index in [2.05, 4.69) is 20.3 Å². The van der Waals surface area contributed by atoms with E-state index in [4.69, 9.17) is 0 Å². The zero-order valence-electron chi connectivity index (χ0n) is 16.9. The third kappa shape index (κ3) is 3.72. The number of fused-ring (bicyclic) bond motifs is 1. The van der Waals surface area contributed by atoms with Crippen LogP contribution in [-0.4, -0.2) is 27.4 Å². The van der Waals surface area contributed by atoms with Crippen molar-refractivity contribution < 1.29 is 18.0 Å². The van der Waals surface area contributed by atoms with E-state index < -0.39 is 11.6 Å². The zero-order chi connectivity index (χ0) is 22.2. The van der Waals surface area contributed by atoms with Crippen molar-refractivity contribution in [3.63, 3.8) is 0 Å². The fourth-order valence-corrected chi connectivity index (χ4v) is 4.38. The molecular weight excluding hydrogens is 417 g/mol. The van der Waals surface area contributed by atoms with Gasteiger partial charge in [0.1, 0.15) is 17.5 Å². The summed E-state index contributed by atoms with van der Waals surface area (Å²) in [5, 5.41) is 3.33. The maximum atomic E-state index is 14.5. The molecule has 0 radical (unpaired) electrons. The lowest BCUT2D eigenvalue weighted by Crippen LogP contribution is -2.36. The molecule has 0 spiro atoms. The molecule has 5 nitrogen and oxygen atoms in total. The van der Waals surface area contributed by atoms with E-state index >= 15 is 0 Å². The SMILES string of the molecule is O=C(NC[C@H]1C[C@H](c2c(-c3ccc(F)cc3)[nH]c3c(F)cc(F)cc32)C1)c1ncccn1. The maximum Gasteiger partial charge on any atom is 0.289 e. The van der Waals surface area contributed by atoms with E-state index in [1.165, 1.54) is 30.6 Å². The number of aromatic nitrogens is 3. The molecule has 2 N–H and O–H groups in total. The van der Waals surface area contributed by atoms with Crippen molar-refractivity contribution in [2.24, 2.45) is 5.92 Å². The Labute approximate surface area is 181 Å². The van der Waals surface area contributed by atoms with Crippen LogP contribution in [0.25, 0.3) is 22.2 Å². The van der Waals surface area contributed by atoms with Crippen molar-refractivity contribution in [2.45, 2.75) is 18.8 Å². The Hall–Kier alpha value is -3.68. The average molecular weight is 436 g/mol. The van der Waals surface area contributed by atoms with Crippen LogP contribution in [0, 0.1) is 23.4 Å². The van der Waals surface area contributed by atoms with Crippen LogP contribution in [0.5, 0.6) is 0 Å². The highest BCUT2D eigenvalue weighted by atomic mass is 19.1. The quantitative estimate of drug-likeness (QED) is 0.464. The van der Waals surface area contributed by atoms with Gasteiger partial charge in [0.2, 0.25) is 5.82 Å². The number of carbonyl (C=O) groups excluding carboxylic acids is 1. The Morgan fingerprint density at radius 2 is 1.75 bits per heavy atom. The number of H-pyrrole nitrogens is 1. The summed E-state index contributed by atoms with van der Waals surface area (Å²) >= 11 is 0. The molecule has 1 aliphatic rings. The lowest BCUT2D eigenvalue weighted by molar-refractivity contribution is 0.0924. The standard InChI is InChI=1S/C24H19F3N4O/c25-16-4-2-14(3-5-16)21-20(18-10-17(26)11-19(27)22(18)31-21)15-8-13(9-15)12-30-24(32)23-28-6-1-7-29-23/h1-7,10-11,13,15,31H,8-9,12H2,(H,30,32)/t13-,15-. The number of amides is 1. The number of hydrogen-bond acceptors (Lipinski definition) is 3. The minimum Gasteiger partial charge on any atom is -0.352 e. The van der Waals surface area contributed by atoms with E-state index in [1.54, 1.807) is 18.2 Å². The van der Waals surface area contributed by atoms with Crippen molar-refractivity contribution in [1.29, 1.82) is 0 Å². The van der Waals surface area contributed by atoms with Crippen molar-refractivity contribution >= 4 is 16.8 Å². The number of nitrogens with one attached hydrogen (secondary N) is 2. The minimum atomic E-state index is -0.666. The van der Waals surface area contributed by atoms with Crippen LogP contribution >= 0.6 is 0 Å². The molecule has 2 aromatic carbocycles. The largest absolute Gasteiger partial charge is 0.352 e. The first-order valence-corrected chi connectivity index (χ1v) is 10.3. The van der Waals surface area contributed by atoms with Crippen molar-refractivity contribution in [3.05, 3.63) is 83.7 Å². The molecule has 1 aliphatic carbocycles. The van der Waals surface area contributed by atoms with Gasteiger partial charge in [-0.05, 0) is 72.2 Å². The Morgan fingerprint density at radius 1 is 1.03 bits per heavy atom. The molecule has 0 bridgehead atoms. The molecule has 162 valence electrons. The first kappa shape index (κ1) is 20.2. The van der Waals surface area contributed by atoms with E-state index in [1.807, 2.05) is 0 Å². The molecule has 2 heterocycles. The second-order valence-electron chi connectivity index (χ2n) is 8.05. The van der Waals surface area contributed by atoms with Gasteiger partial charge in [0.25, 0.3) is 5.91 Å². The molecule has 4 aromatic rings. The summed E-state index contributed by atoms with van der Waals surface area (Å²) in [6, 6.07) is 9.74. The monoisotopic (exact) mass is 436 g/mol. The highest BCUT2D eigenvalue weighted by molar-refractivity contribution is 5.92. The van der Waals surface area contributed by atoms with Gasteiger partial charge in [0.15, 0.2) is 0 Å². The molecule has 5 rings (SSSR count). The summed E-state index contributed by atoms with van der Waals surface area (Å²) in [4.78, 5) is 23.1. The Morgan fingerprint density at radius 3 is 2.47 bits per heavy atom. The van der Waals surface area contributed by atoms with Gasteiger partial charge in [0.05, 0.1) is 11.2 Å². The number of rotatable bonds is 5. The van der Waals surface area contributed by atoms with Crippen molar-refractivity contribution in [3.8, 4) is 11.3 Å². The number of benzene rings is 2. The summed E-state index contributed by atoms with van der Waals surface area (Å²) in [5.41, 5.74) is 2.42. The third-order valence-corrected chi connectivity index (χ3v) is 5.96. The number of carbonyl (C=O) groups is 1. The fourth-order valence-electron chi connectivity index (χ4n) is 4.38.